The molecule has 0 saturated heterocycles. The van der Waals surface area contributed by atoms with Crippen LogP contribution in [-0.4, -0.2) is 14.8 Å². The van der Waals surface area contributed by atoms with Crippen LogP contribution < -0.4 is 10.9 Å². The van der Waals surface area contributed by atoms with Crippen LogP contribution >= 0.6 is 27.3 Å². The highest BCUT2D eigenvalue weighted by molar-refractivity contribution is 9.10. The van der Waals surface area contributed by atoms with Crippen LogP contribution in [0.1, 0.15) is 11.9 Å². The molecule has 0 atom stereocenters. The Morgan fingerprint density at radius 2 is 2.41 bits per heavy atom. The first-order valence-electron chi connectivity index (χ1n) is 5.10. The Morgan fingerprint density at radius 3 is 3.06 bits per heavy atom. The van der Waals surface area contributed by atoms with Crippen molar-refractivity contribution in [2.75, 3.05) is 5.32 Å². The van der Waals surface area contributed by atoms with E-state index in [0.29, 0.717) is 23.2 Å². The van der Waals surface area contributed by atoms with Gasteiger partial charge < -0.3 is 5.32 Å². The third-order valence-electron chi connectivity index (χ3n) is 2.20. The number of rotatable bonds is 4. The van der Waals surface area contributed by atoms with Crippen LogP contribution in [0.4, 0.5) is 5.69 Å². The van der Waals surface area contributed by atoms with Gasteiger partial charge in [0.1, 0.15) is 9.48 Å². The molecule has 0 radical (unpaired) electrons. The van der Waals surface area contributed by atoms with Gasteiger partial charge in [0.05, 0.1) is 18.4 Å². The van der Waals surface area contributed by atoms with E-state index in [9.17, 15) is 4.79 Å². The van der Waals surface area contributed by atoms with E-state index in [4.69, 9.17) is 0 Å². The minimum absolute atomic E-state index is 0.128. The highest BCUT2D eigenvalue weighted by atomic mass is 79.9. The van der Waals surface area contributed by atoms with Crippen LogP contribution in [0.3, 0.4) is 0 Å². The fraction of sp³-hybridized carbons (Fsp3) is 0.300. The zero-order valence-corrected chi connectivity index (χ0v) is 11.6. The molecule has 0 aliphatic rings. The minimum Gasteiger partial charge on any atom is -0.376 e. The summed E-state index contributed by atoms with van der Waals surface area (Å²) in [6.07, 6.45) is 3.40. The lowest BCUT2D eigenvalue weighted by atomic mass is 10.4. The van der Waals surface area contributed by atoms with Crippen molar-refractivity contribution >= 4 is 33.0 Å². The maximum absolute atomic E-state index is 11.8. The van der Waals surface area contributed by atoms with Gasteiger partial charge in [-0.1, -0.05) is 0 Å². The van der Waals surface area contributed by atoms with Gasteiger partial charge in [-0.3, -0.25) is 4.79 Å². The van der Waals surface area contributed by atoms with Gasteiger partial charge in [0, 0.05) is 18.1 Å². The molecule has 0 aliphatic heterocycles. The molecule has 0 aliphatic carbocycles. The summed E-state index contributed by atoms with van der Waals surface area (Å²) in [5.74, 6) is 0. The van der Waals surface area contributed by atoms with E-state index < -0.39 is 0 Å². The summed E-state index contributed by atoms with van der Waals surface area (Å²) in [6, 6.07) is 0. The van der Waals surface area contributed by atoms with E-state index in [1.54, 1.807) is 23.7 Å². The molecule has 0 bridgehead atoms. The molecule has 7 heteroatoms. The van der Waals surface area contributed by atoms with Gasteiger partial charge in [-0.25, -0.2) is 9.67 Å². The Bertz CT molecular complexity index is 552. The highest BCUT2D eigenvalue weighted by Gasteiger charge is 2.07. The Labute approximate surface area is 111 Å². The summed E-state index contributed by atoms with van der Waals surface area (Å²) in [4.78, 5) is 15.9. The third-order valence-corrected chi connectivity index (χ3v) is 3.74. The second-order valence-corrected chi connectivity index (χ2v) is 5.04. The minimum atomic E-state index is -0.128. The lowest BCUT2D eigenvalue weighted by Crippen LogP contribution is -2.23. The van der Waals surface area contributed by atoms with Crippen molar-refractivity contribution in [1.82, 2.24) is 14.8 Å². The molecular weight excluding hydrogens is 304 g/mol. The quantitative estimate of drug-likeness (QED) is 0.938. The fourth-order valence-electron chi connectivity index (χ4n) is 1.32. The lowest BCUT2D eigenvalue weighted by molar-refractivity contribution is 0.613. The van der Waals surface area contributed by atoms with Crippen LogP contribution in [0, 0.1) is 0 Å². The standard InChI is InChI=1S/C10H11BrN4OS/c1-2-15-10(16)9(11)7(5-14-15)13-6-8-12-3-4-17-8/h3-5,13H,2,6H2,1H3. The molecule has 1 N–H and O–H groups in total. The Kier molecular flexibility index (Phi) is 3.90. The molecular formula is C10H11BrN4OS. The molecule has 0 fully saturated rings. The molecule has 0 aromatic carbocycles. The van der Waals surface area contributed by atoms with E-state index in [2.05, 4.69) is 31.3 Å². The van der Waals surface area contributed by atoms with Crippen LogP contribution in [0.2, 0.25) is 0 Å². The Morgan fingerprint density at radius 1 is 1.59 bits per heavy atom. The molecule has 0 spiro atoms. The first-order valence-corrected chi connectivity index (χ1v) is 6.77. The molecule has 2 aromatic rings. The maximum Gasteiger partial charge on any atom is 0.283 e. The second kappa shape index (κ2) is 5.42. The van der Waals surface area contributed by atoms with Gasteiger partial charge in [-0.15, -0.1) is 11.3 Å². The number of aromatic nitrogens is 3. The lowest BCUT2D eigenvalue weighted by Gasteiger charge is -2.08. The summed E-state index contributed by atoms with van der Waals surface area (Å²) < 4.78 is 1.91. The fourth-order valence-corrected chi connectivity index (χ4v) is 2.33. The van der Waals surface area contributed by atoms with E-state index >= 15 is 0 Å². The Balaban J connectivity index is 2.17. The van der Waals surface area contributed by atoms with Crippen LogP contribution in [0.15, 0.2) is 27.0 Å². The maximum atomic E-state index is 11.8. The second-order valence-electron chi connectivity index (χ2n) is 3.27. The van der Waals surface area contributed by atoms with Crippen LogP contribution in [0.5, 0.6) is 0 Å². The molecule has 0 unspecified atom stereocenters. The summed E-state index contributed by atoms with van der Waals surface area (Å²) in [5, 5.41) is 10.1. The van der Waals surface area contributed by atoms with Crippen LogP contribution in [-0.2, 0) is 13.1 Å². The van der Waals surface area contributed by atoms with Gasteiger partial charge >= 0.3 is 0 Å². The largest absolute Gasteiger partial charge is 0.376 e. The molecule has 0 saturated carbocycles. The number of nitrogens with one attached hydrogen (secondary N) is 1. The predicted octanol–water partition coefficient (Wildman–Crippen LogP) is 2.09. The first kappa shape index (κ1) is 12.3. The molecule has 2 aromatic heterocycles. The Hall–Kier alpha value is -1.21. The van der Waals surface area contributed by atoms with Crippen molar-refractivity contribution in [3.63, 3.8) is 0 Å². The zero-order chi connectivity index (χ0) is 12.3. The van der Waals surface area contributed by atoms with Crippen molar-refractivity contribution in [2.45, 2.75) is 20.0 Å². The van der Waals surface area contributed by atoms with Crippen molar-refractivity contribution in [3.8, 4) is 0 Å². The van der Waals surface area contributed by atoms with E-state index in [0.717, 1.165) is 5.01 Å². The summed E-state index contributed by atoms with van der Waals surface area (Å²) in [6.45, 7) is 3.03. The van der Waals surface area contributed by atoms with Crippen molar-refractivity contribution in [3.05, 3.63) is 37.6 Å². The van der Waals surface area contributed by atoms with Gasteiger partial charge in [-0.05, 0) is 22.9 Å². The topological polar surface area (TPSA) is 59.8 Å². The SMILES string of the molecule is CCn1ncc(NCc2nccs2)c(Br)c1=O. The number of halogens is 1. The molecule has 90 valence electrons. The molecule has 5 nitrogen and oxygen atoms in total. The van der Waals surface area contributed by atoms with Gasteiger partial charge in [0.15, 0.2) is 0 Å². The first-order chi connectivity index (χ1) is 8.22. The van der Waals surface area contributed by atoms with Crippen LogP contribution in [0.25, 0.3) is 0 Å². The van der Waals surface area contributed by atoms with Gasteiger partial charge in [-0.2, -0.15) is 5.10 Å². The number of hydrogen-bond donors (Lipinski definition) is 1. The van der Waals surface area contributed by atoms with Crippen molar-refractivity contribution in [2.24, 2.45) is 0 Å². The average molecular weight is 315 g/mol. The number of thiazole rings is 1. The predicted molar refractivity (Wildman–Crippen MR) is 71.3 cm³/mol. The number of aryl methyl sites for hydroxylation is 1. The summed E-state index contributed by atoms with van der Waals surface area (Å²) in [5.41, 5.74) is 0.562. The number of hydrogen-bond acceptors (Lipinski definition) is 5. The number of anilines is 1. The number of nitrogens with zero attached hydrogens (tertiary/aromatic N) is 3. The normalized spacial score (nSPS) is 10.5. The molecule has 2 rings (SSSR count). The molecule has 2 heterocycles. The van der Waals surface area contributed by atoms with E-state index in [1.807, 2.05) is 12.3 Å². The highest BCUT2D eigenvalue weighted by Crippen LogP contribution is 2.17. The van der Waals surface area contributed by atoms with Crippen molar-refractivity contribution < 1.29 is 0 Å². The smallest absolute Gasteiger partial charge is 0.283 e. The van der Waals surface area contributed by atoms with Gasteiger partial charge in [0.25, 0.3) is 5.56 Å². The van der Waals surface area contributed by atoms with E-state index in [-0.39, 0.29) is 5.56 Å². The average Bonchev–Trinajstić information content (AvgIpc) is 2.84. The van der Waals surface area contributed by atoms with Crippen molar-refractivity contribution in [1.29, 1.82) is 0 Å². The monoisotopic (exact) mass is 314 g/mol. The van der Waals surface area contributed by atoms with Gasteiger partial charge in [0.2, 0.25) is 0 Å². The molecule has 0 amide bonds. The third kappa shape index (κ3) is 2.73. The zero-order valence-electron chi connectivity index (χ0n) is 9.18. The summed E-state index contributed by atoms with van der Waals surface area (Å²) in [7, 11) is 0. The molecule has 17 heavy (non-hydrogen) atoms. The summed E-state index contributed by atoms with van der Waals surface area (Å²) >= 11 is 4.85. The van der Waals surface area contributed by atoms with E-state index in [1.165, 1.54) is 4.68 Å².